The third-order valence-electron chi connectivity index (χ3n) is 2.34. The van der Waals surface area contributed by atoms with Gasteiger partial charge in [-0.1, -0.05) is 11.6 Å². The first-order chi connectivity index (χ1) is 7.99. The van der Waals surface area contributed by atoms with E-state index in [2.05, 4.69) is 15.9 Å². The Balaban J connectivity index is 2.40. The molecule has 2 nitrogen and oxygen atoms in total. The molecule has 17 heavy (non-hydrogen) atoms. The summed E-state index contributed by atoms with van der Waals surface area (Å²) in [5.41, 5.74) is 7.80. The SMILES string of the molecule is Cc1cc(C(=O)c2ccc(Br)c(N)c2)sc1Cl. The molecule has 0 amide bonds. The second-order valence-electron chi connectivity index (χ2n) is 3.63. The number of benzene rings is 1. The minimum Gasteiger partial charge on any atom is -0.398 e. The van der Waals surface area contributed by atoms with Gasteiger partial charge in [0.15, 0.2) is 0 Å². The third-order valence-corrected chi connectivity index (χ3v) is 4.62. The molecule has 0 aliphatic rings. The third kappa shape index (κ3) is 2.54. The van der Waals surface area contributed by atoms with E-state index in [0.717, 1.165) is 10.0 Å². The summed E-state index contributed by atoms with van der Waals surface area (Å²) in [5.74, 6) is -0.0517. The zero-order valence-corrected chi connectivity index (χ0v) is 12.1. The molecule has 2 N–H and O–H groups in total. The molecule has 0 bridgehead atoms. The summed E-state index contributed by atoms with van der Waals surface area (Å²) in [7, 11) is 0. The van der Waals surface area contributed by atoms with Crippen LogP contribution in [0.5, 0.6) is 0 Å². The standard InChI is InChI=1S/C12H9BrClNOS/c1-6-4-10(17-12(6)14)11(16)7-2-3-8(13)9(15)5-7/h2-5H,15H2,1H3. The van der Waals surface area contributed by atoms with Gasteiger partial charge in [0.1, 0.15) is 0 Å². The Morgan fingerprint density at radius 1 is 1.41 bits per heavy atom. The number of anilines is 1. The van der Waals surface area contributed by atoms with E-state index in [1.807, 2.05) is 6.92 Å². The molecule has 0 atom stereocenters. The van der Waals surface area contributed by atoms with Crippen molar-refractivity contribution in [2.75, 3.05) is 5.73 Å². The van der Waals surface area contributed by atoms with Crippen molar-refractivity contribution < 1.29 is 4.79 Å². The zero-order valence-electron chi connectivity index (χ0n) is 8.96. The van der Waals surface area contributed by atoms with Crippen LogP contribution in [0.25, 0.3) is 0 Å². The number of ketones is 1. The van der Waals surface area contributed by atoms with Gasteiger partial charge in [-0.15, -0.1) is 11.3 Å². The molecular formula is C12H9BrClNOS. The smallest absolute Gasteiger partial charge is 0.203 e. The Morgan fingerprint density at radius 2 is 2.12 bits per heavy atom. The average Bonchev–Trinajstić information content (AvgIpc) is 2.62. The fourth-order valence-corrected chi connectivity index (χ4v) is 2.81. The van der Waals surface area contributed by atoms with Gasteiger partial charge in [-0.05, 0) is 52.7 Å². The molecule has 0 fully saturated rings. The van der Waals surface area contributed by atoms with E-state index in [-0.39, 0.29) is 5.78 Å². The highest BCUT2D eigenvalue weighted by Crippen LogP contribution is 2.29. The lowest BCUT2D eigenvalue weighted by Crippen LogP contribution is -2.00. The summed E-state index contributed by atoms with van der Waals surface area (Å²) in [6.07, 6.45) is 0. The van der Waals surface area contributed by atoms with Crippen LogP contribution in [0.1, 0.15) is 20.8 Å². The van der Waals surface area contributed by atoms with Crippen LogP contribution in [0.3, 0.4) is 0 Å². The lowest BCUT2D eigenvalue weighted by Gasteiger charge is -2.01. The van der Waals surface area contributed by atoms with E-state index in [4.69, 9.17) is 17.3 Å². The Kier molecular flexibility index (Phi) is 3.56. The molecule has 5 heteroatoms. The molecule has 0 aliphatic heterocycles. The van der Waals surface area contributed by atoms with E-state index in [1.165, 1.54) is 11.3 Å². The first kappa shape index (κ1) is 12.6. The molecule has 2 rings (SSSR count). The van der Waals surface area contributed by atoms with Crippen LogP contribution >= 0.6 is 38.9 Å². The maximum Gasteiger partial charge on any atom is 0.203 e. The molecule has 0 aliphatic carbocycles. The second-order valence-corrected chi connectivity index (χ2v) is 6.14. The van der Waals surface area contributed by atoms with Gasteiger partial charge < -0.3 is 5.73 Å². The van der Waals surface area contributed by atoms with Crippen LogP contribution in [0.15, 0.2) is 28.7 Å². The molecular weight excluding hydrogens is 322 g/mol. The van der Waals surface area contributed by atoms with Crippen molar-refractivity contribution in [2.24, 2.45) is 0 Å². The maximum absolute atomic E-state index is 12.2. The summed E-state index contributed by atoms with van der Waals surface area (Å²) >= 11 is 10.5. The number of halogens is 2. The number of carbonyl (C=O) groups excluding carboxylic acids is 1. The van der Waals surface area contributed by atoms with E-state index in [9.17, 15) is 4.79 Å². The number of thiophene rings is 1. The molecule has 1 heterocycles. The Bertz CT molecular complexity index is 575. The predicted octanol–water partition coefficient (Wildman–Crippen LogP) is 4.29. The normalized spacial score (nSPS) is 10.5. The van der Waals surface area contributed by atoms with Gasteiger partial charge in [-0.2, -0.15) is 0 Å². The van der Waals surface area contributed by atoms with Crippen molar-refractivity contribution in [1.82, 2.24) is 0 Å². The molecule has 0 spiro atoms. The first-order valence-electron chi connectivity index (χ1n) is 4.84. The van der Waals surface area contributed by atoms with E-state index in [0.29, 0.717) is 20.5 Å². The van der Waals surface area contributed by atoms with Crippen LogP contribution in [0, 0.1) is 6.92 Å². The Morgan fingerprint density at radius 3 is 2.65 bits per heavy atom. The largest absolute Gasteiger partial charge is 0.398 e. The highest BCUT2D eigenvalue weighted by Gasteiger charge is 2.14. The number of aryl methyl sites for hydroxylation is 1. The van der Waals surface area contributed by atoms with Gasteiger partial charge in [-0.25, -0.2) is 0 Å². The van der Waals surface area contributed by atoms with Crippen molar-refractivity contribution in [3.8, 4) is 0 Å². The summed E-state index contributed by atoms with van der Waals surface area (Å²) in [5, 5.41) is 0. The van der Waals surface area contributed by atoms with E-state index < -0.39 is 0 Å². The lowest BCUT2D eigenvalue weighted by atomic mass is 10.1. The summed E-state index contributed by atoms with van der Waals surface area (Å²) in [4.78, 5) is 12.8. The molecule has 0 saturated heterocycles. The molecule has 1 aromatic heterocycles. The highest BCUT2D eigenvalue weighted by molar-refractivity contribution is 9.10. The molecule has 2 aromatic rings. The van der Waals surface area contributed by atoms with Crippen molar-refractivity contribution in [3.63, 3.8) is 0 Å². The van der Waals surface area contributed by atoms with Gasteiger partial charge in [0, 0.05) is 15.7 Å². The Hall–Kier alpha value is -0.840. The molecule has 1 aromatic carbocycles. The van der Waals surface area contributed by atoms with Gasteiger partial charge in [-0.3, -0.25) is 4.79 Å². The number of rotatable bonds is 2. The summed E-state index contributed by atoms with van der Waals surface area (Å²) in [6, 6.07) is 6.97. The number of nitrogens with two attached hydrogens (primary N) is 1. The van der Waals surface area contributed by atoms with Crippen LogP contribution in [0.2, 0.25) is 4.34 Å². The summed E-state index contributed by atoms with van der Waals surface area (Å²) < 4.78 is 1.44. The fourth-order valence-electron chi connectivity index (χ4n) is 1.40. The quantitative estimate of drug-likeness (QED) is 0.659. The molecule has 0 radical (unpaired) electrons. The van der Waals surface area contributed by atoms with Gasteiger partial charge >= 0.3 is 0 Å². The van der Waals surface area contributed by atoms with Gasteiger partial charge in [0.05, 0.1) is 9.21 Å². The average molecular weight is 331 g/mol. The van der Waals surface area contributed by atoms with Crippen LogP contribution < -0.4 is 5.73 Å². The fraction of sp³-hybridized carbons (Fsp3) is 0.0833. The van der Waals surface area contributed by atoms with Gasteiger partial charge in [0.25, 0.3) is 0 Å². The molecule has 0 unspecified atom stereocenters. The molecule has 0 saturated carbocycles. The van der Waals surface area contributed by atoms with Crippen LogP contribution in [-0.2, 0) is 0 Å². The predicted molar refractivity (Wildman–Crippen MR) is 76.1 cm³/mol. The van der Waals surface area contributed by atoms with Crippen LogP contribution in [0.4, 0.5) is 5.69 Å². The highest BCUT2D eigenvalue weighted by atomic mass is 79.9. The van der Waals surface area contributed by atoms with E-state index >= 15 is 0 Å². The Labute approximate surface area is 117 Å². The van der Waals surface area contributed by atoms with Crippen molar-refractivity contribution in [2.45, 2.75) is 6.92 Å². The van der Waals surface area contributed by atoms with Crippen molar-refractivity contribution >= 4 is 50.3 Å². The summed E-state index contributed by atoms with van der Waals surface area (Å²) in [6.45, 7) is 1.88. The minimum absolute atomic E-state index is 0.0517. The number of nitrogen functional groups attached to an aromatic ring is 1. The second kappa shape index (κ2) is 4.80. The maximum atomic E-state index is 12.2. The lowest BCUT2D eigenvalue weighted by molar-refractivity contribution is 0.104. The number of carbonyl (C=O) groups is 1. The first-order valence-corrected chi connectivity index (χ1v) is 6.83. The van der Waals surface area contributed by atoms with E-state index in [1.54, 1.807) is 24.3 Å². The van der Waals surface area contributed by atoms with Crippen molar-refractivity contribution in [1.29, 1.82) is 0 Å². The minimum atomic E-state index is -0.0517. The molecule has 88 valence electrons. The number of hydrogen-bond donors (Lipinski definition) is 1. The topological polar surface area (TPSA) is 43.1 Å². The zero-order chi connectivity index (χ0) is 12.6. The van der Waals surface area contributed by atoms with Crippen LogP contribution in [-0.4, -0.2) is 5.78 Å². The van der Waals surface area contributed by atoms with Crippen molar-refractivity contribution in [3.05, 3.63) is 49.1 Å². The number of hydrogen-bond acceptors (Lipinski definition) is 3. The monoisotopic (exact) mass is 329 g/mol. The van der Waals surface area contributed by atoms with Gasteiger partial charge in [0.2, 0.25) is 5.78 Å².